The van der Waals surface area contributed by atoms with Crippen LogP contribution in [-0.4, -0.2) is 18.3 Å². The van der Waals surface area contributed by atoms with Crippen LogP contribution >= 0.6 is 11.9 Å². The van der Waals surface area contributed by atoms with Crippen molar-refractivity contribution in [1.82, 2.24) is 0 Å². The summed E-state index contributed by atoms with van der Waals surface area (Å²) in [5, 5.41) is 0. The fraction of sp³-hybridized carbons (Fsp3) is 1.00. The summed E-state index contributed by atoms with van der Waals surface area (Å²) in [5.41, 5.74) is 0. The van der Waals surface area contributed by atoms with E-state index in [0.29, 0.717) is 0 Å². The van der Waals surface area contributed by atoms with E-state index in [9.17, 15) is 0 Å². The molecule has 0 saturated carbocycles. The van der Waals surface area contributed by atoms with Gasteiger partial charge in [-0.2, -0.15) is 0 Å². The molecule has 0 aromatic rings. The Bertz CT molecular complexity index is 149. The zero-order chi connectivity index (χ0) is 12.1. The van der Waals surface area contributed by atoms with Crippen LogP contribution in [0.1, 0.15) is 41.5 Å². The minimum atomic E-state index is -3.74. The number of rotatable bonds is 7. The van der Waals surface area contributed by atoms with Gasteiger partial charge in [-0.15, -0.1) is 0 Å². The molecule has 0 unspecified atom stereocenters. The SMILES string of the molecule is CC(C)[O][Ti]([O]Cl)([O]C(C)C)[O]C(C)C. The van der Waals surface area contributed by atoms with Crippen molar-refractivity contribution in [2.45, 2.75) is 59.9 Å². The molecule has 0 aromatic heterocycles. The van der Waals surface area contributed by atoms with Gasteiger partial charge < -0.3 is 0 Å². The molecule has 6 heteroatoms. The first-order chi connectivity index (χ1) is 6.81. The molecule has 0 atom stereocenters. The second kappa shape index (κ2) is 7.22. The standard InChI is InChI=1S/3C3H7O.ClO.Ti/c3*1-3(2)4;1-2;/h3*3H,1-2H3;;/q4*-1;+4. The summed E-state index contributed by atoms with van der Waals surface area (Å²) >= 11 is 1.72. The number of hydrogen-bond donors (Lipinski definition) is 0. The summed E-state index contributed by atoms with van der Waals surface area (Å²) < 4.78 is 21.7. The Labute approximate surface area is 103 Å². The molecule has 0 spiro atoms. The molecule has 0 amide bonds. The van der Waals surface area contributed by atoms with Crippen molar-refractivity contribution in [2.24, 2.45) is 0 Å². The topological polar surface area (TPSA) is 36.9 Å². The monoisotopic (exact) mass is 276 g/mol. The van der Waals surface area contributed by atoms with Gasteiger partial charge in [0, 0.05) is 0 Å². The van der Waals surface area contributed by atoms with Crippen molar-refractivity contribution < 1.29 is 31.0 Å². The number of hydrogen-bond acceptors (Lipinski definition) is 4. The van der Waals surface area contributed by atoms with E-state index in [4.69, 9.17) is 24.7 Å². The Kier molecular flexibility index (Phi) is 7.63. The van der Waals surface area contributed by atoms with Crippen molar-refractivity contribution in [3.8, 4) is 0 Å². The normalized spacial score (nSPS) is 13.2. The van der Waals surface area contributed by atoms with Crippen LogP contribution in [0.15, 0.2) is 0 Å². The van der Waals surface area contributed by atoms with E-state index in [2.05, 4.69) is 0 Å². The van der Waals surface area contributed by atoms with Crippen molar-refractivity contribution in [1.29, 1.82) is 0 Å². The molecule has 0 N–H and O–H groups in total. The first kappa shape index (κ1) is 15.8. The van der Waals surface area contributed by atoms with Crippen LogP contribution in [0.2, 0.25) is 0 Å². The van der Waals surface area contributed by atoms with E-state index >= 15 is 0 Å². The summed E-state index contributed by atoms with van der Waals surface area (Å²) in [6.45, 7) is 11.4. The predicted octanol–water partition coefficient (Wildman–Crippen LogP) is 3.25. The third kappa shape index (κ3) is 6.90. The summed E-state index contributed by atoms with van der Waals surface area (Å²) in [6, 6.07) is 0. The van der Waals surface area contributed by atoms with E-state index in [1.165, 1.54) is 0 Å². The molecule has 0 aliphatic carbocycles. The maximum atomic E-state index is 5.60. The molecule has 0 saturated heterocycles. The van der Waals surface area contributed by atoms with Gasteiger partial charge in [-0.1, -0.05) is 0 Å². The van der Waals surface area contributed by atoms with Gasteiger partial charge in [0.25, 0.3) is 0 Å². The first-order valence-corrected chi connectivity index (χ1v) is 8.00. The van der Waals surface area contributed by atoms with Gasteiger partial charge in [0.15, 0.2) is 0 Å². The summed E-state index contributed by atoms with van der Waals surface area (Å²) in [7, 11) is 0. The van der Waals surface area contributed by atoms with E-state index in [0.717, 1.165) is 0 Å². The molecule has 0 radical (unpaired) electrons. The zero-order valence-electron chi connectivity index (χ0n) is 10.2. The zero-order valence-corrected chi connectivity index (χ0v) is 12.6. The van der Waals surface area contributed by atoms with Crippen LogP contribution in [0.3, 0.4) is 0 Å². The van der Waals surface area contributed by atoms with E-state index in [1.807, 2.05) is 41.5 Å². The summed E-state index contributed by atoms with van der Waals surface area (Å²) in [4.78, 5) is 0. The average molecular weight is 277 g/mol. The second-order valence-corrected chi connectivity index (χ2v) is 7.62. The van der Waals surface area contributed by atoms with Crippen LogP contribution in [0.5, 0.6) is 0 Å². The molecule has 4 nitrogen and oxygen atoms in total. The molecule has 0 aromatic carbocycles. The van der Waals surface area contributed by atoms with E-state index in [1.54, 1.807) is 0 Å². The molecule has 0 heterocycles. The third-order valence-electron chi connectivity index (χ3n) is 1.23. The molecule has 0 rings (SSSR count). The van der Waals surface area contributed by atoms with E-state index in [-0.39, 0.29) is 18.3 Å². The maximum absolute atomic E-state index is 5.60. The van der Waals surface area contributed by atoms with Gasteiger partial charge in [0.2, 0.25) is 0 Å². The van der Waals surface area contributed by atoms with Gasteiger partial charge in [0.05, 0.1) is 0 Å². The molecular weight excluding hydrogens is 255 g/mol. The van der Waals surface area contributed by atoms with Crippen LogP contribution < -0.4 is 0 Å². The van der Waals surface area contributed by atoms with Gasteiger partial charge in [-0.25, -0.2) is 0 Å². The first-order valence-electron chi connectivity index (χ1n) is 5.14. The molecular formula is C9H21ClO4Ti. The van der Waals surface area contributed by atoms with Gasteiger partial charge >= 0.3 is 103 Å². The van der Waals surface area contributed by atoms with Crippen LogP contribution in [0.25, 0.3) is 0 Å². The quantitative estimate of drug-likeness (QED) is 0.669. The Morgan fingerprint density at radius 3 is 1.13 bits per heavy atom. The Morgan fingerprint density at radius 2 is 1.00 bits per heavy atom. The average Bonchev–Trinajstić information content (AvgIpc) is 1.99. The van der Waals surface area contributed by atoms with Crippen LogP contribution in [-0.2, 0) is 31.0 Å². The Hall–Kier alpha value is 0.844. The van der Waals surface area contributed by atoms with Crippen molar-refractivity contribution in [3.63, 3.8) is 0 Å². The third-order valence-corrected chi connectivity index (χ3v) is 5.87. The fourth-order valence-electron chi connectivity index (χ4n) is 1.00. The van der Waals surface area contributed by atoms with Gasteiger partial charge in [0.1, 0.15) is 0 Å². The molecule has 92 valence electrons. The molecule has 0 aliphatic rings. The summed E-state index contributed by atoms with van der Waals surface area (Å²) in [6.07, 6.45) is -0.122. The van der Waals surface area contributed by atoms with Crippen LogP contribution in [0.4, 0.5) is 0 Å². The van der Waals surface area contributed by atoms with Gasteiger partial charge in [-0.3, -0.25) is 0 Å². The van der Waals surface area contributed by atoms with Gasteiger partial charge in [-0.05, 0) is 0 Å². The van der Waals surface area contributed by atoms with Crippen LogP contribution in [0, 0.1) is 0 Å². The predicted molar refractivity (Wildman–Crippen MR) is 55.6 cm³/mol. The molecule has 15 heavy (non-hydrogen) atoms. The molecule has 0 aliphatic heterocycles. The Morgan fingerprint density at radius 1 is 0.733 bits per heavy atom. The molecule has 0 fully saturated rings. The fourth-order valence-corrected chi connectivity index (χ4v) is 4.59. The minimum absolute atomic E-state index is 0.0405. The van der Waals surface area contributed by atoms with Crippen molar-refractivity contribution in [2.75, 3.05) is 0 Å². The number of halogens is 1. The Balaban J connectivity index is 4.59. The van der Waals surface area contributed by atoms with Crippen molar-refractivity contribution >= 4 is 11.9 Å². The van der Waals surface area contributed by atoms with Crippen molar-refractivity contribution in [3.05, 3.63) is 0 Å². The van der Waals surface area contributed by atoms with E-state index < -0.39 is 18.1 Å². The second-order valence-electron chi connectivity index (χ2n) is 4.08. The molecule has 0 bridgehead atoms. The summed E-state index contributed by atoms with van der Waals surface area (Å²) in [5.74, 6) is 0.